The highest BCUT2D eigenvalue weighted by molar-refractivity contribution is 6.38. The number of hydrogen-bond acceptors (Lipinski definition) is 2. The lowest BCUT2D eigenvalue weighted by molar-refractivity contribution is -0.136. The lowest BCUT2D eigenvalue weighted by Crippen LogP contribution is -2.32. The molecule has 0 aliphatic rings. The molecule has 0 heterocycles. The van der Waals surface area contributed by atoms with Gasteiger partial charge < -0.3 is 9.47 Å². The lowest BCUT2D eigenvalue weighted by Gasteiger charge is -2.21. The molecule has 0 aromatic rings. The number of alkyl halides is 3. The summed E-state index contributed by atoms with van der Waals surface area (Å²) >= 11 is 0. The van der Waals surface area contributed by atoms with Gasteiger partial charge >= 0.3 is 6.18 Å². The molecule has 2 radical (unpaired) electrons. The molecular formula is C8H15F3O2Si. The Morgan fingerprint density at radius 1 is 1.14 bits per heavy atom. The Bertz CT molecular complexity index is 146. The standard InChI is InChI=1S/C8H15F3O2Si/c1-4-12-7(13-5-2)14-6(3)8(9,10)11/h6-7H,4-5H2,1-3H3. The van der Waals surface area contributed by atoms with Gasteiger partial charge in [-0.2, -0.15) is 13.2 Å². The van der Waals surface area contributed by atoms with Crippen LogP contribution in [0.2, 0.25) is 5.54 Å². The maximum atomic E-state index is 12.2. The zero-order valence-corrected chi connectivity index (χ0v) is 9.52. The molecule has 14 heavy (non-hydrogen) atoms. The second kappa shape index (κ2) is 6.42. The van der Waals surface area contributed by atoms with Gasteiger partial charge in [-0.05, 0) is 13.8 Å². The maximum Gasteiger partial charge on any atom is 0.389 e. The van der Waals surface area contributed by atoms with Gasteiger partial charge in [0, 0.05) is 18.8 Å². The molecule has 0 bridgehead atoms. The Hall–Kier alpha value is -0.0731. The average molecular weight is 228 g/mol. The zero-order chi connectivity index (χ0) is 11.2. The van der Waals surface area contributed by atoms with Crippen LogP contribution in [0.15, 0.2) is 0 Å². The largest absolute Gasteiger partial charge is 0.389 e. The molecule has 0 spiro atoms. The van der Waals surface area contributed by atoms with E-state index in [1.807, 2.05) is 0 Å². The first-order valence-electron chi connectivity index (χ1n) is 4.47. The van der Waals surface area contributed by atoms with Gasteiger partial charge in [0.25, 0.3) is 0 Å². The summed E-state index contributed by atoms with van der Waals surface area (Å²) in [5.74, 6) is -0.721. The van der Waals surface area contributed by atoms with Crippen LogP contribution in [0.5, 0.6) is 0 Å². The molecule has 0 aliphatic carbocycles. The van der Waals surface area contributed by atoms with Gasteiger partial charge in [0.2, 0.25) is 0 Å². The number of hydrogen-bond donors (Lipinski definition) is 0. The predicted molar refractivity (Wildman–Crippen MR) is 48.3 cm³/mol. The van der Waals surface area contributed by atoms with Crippen LogP contribution in [0.4, 0.5) is 13.2 Å². The highest BCUT2D eigenvalue weighted by Gasteiger charge is 2.38. The Morgan fingerprint density at radius 2 is 1.57 bits per heavy atom. The summed E-state index contributed by atoms with van der Waals surface area (Å²) in [5, 5.41) is 0. The Balaban J connectivity index is 4.01. The first-order chi connectivity index (χ1) is 6.41. The summed E-state index contributed by atoms with van der Waals surface area (Å²) < 4.78 is 46.6. The van der Waals surface area contributed by atoms with E-state index in [0.717, 1.165) is 6.92 Å². The van der Waals surface area contributed by atoms with E-state index in [-0.39, 0.29) is 0 Å². The van der Waals surface area contributed by atoms with Gasteiger partial charge in [-0.1, -0.05) is 6.92 Å². The number of halogens is 3. The van der Waals surface area contributed by atoms with E-state index in [2.05, 4.69) is 0 Å². The Labute approximate surface area is 84.6 Å². The molecule has 2 nitrogen and oxygen atoms in total. The van der Waals surface area contributed by atoms with Crippen molar-refractivity contribution in [2.24, 2.45) is 0 Å². The number of ether oxygens (including phenoxy) is 2. The molecule has 84 valence electrons. The van der Waals surface area contributed by atoms with E-state index in [0.29, 0.717) is 13.2 Å². The van der Waals surface area contributed by atoms with E-state index in [1.165, 1.54) is 0 Å². The van der Waals surface area contributed by atoms with Gasteiger partial charge in [0.15, 0.2) is 0 Å². The summed E-state index contributed by atoms with van der Waals surface area (Å²) in [7, 11) is -0.407. The molecular weight excluding hydrogens is 213 g/mol. The molecule has 0 saturated heterocycles. The molecule has 6 heteroatoms. The van der Waals surface area contributed by atoms with Crippen molar-refractivity contribution in [3.8, 4) is 0 Å². The molecule has 1 atom stereocenters. The van der Waals surface area contributed by atoms with E-state index in [4.69, 9.17) is 9.47 Å². The van der Waals surface area contributed by atoms with E-state index >= 15 is 0 Å². The van der Waals surface area contributed by atoms with E-state index in [1.54, 1.807) is 13.8 Å². The first-order valence-corrected chi connectivity index (χ1v) is 5.63. The SMILES string of the molecule is CCOC(OCC)[Si]C(C)C(F)(F)F. The summed E-state index contributed by atoms with van der Waals surface area (Å²) in [6.45, 7) is 5.33. The van der Waals surface area contributed by atoms with Crippen molar-refractivity contribution in [1.82, 2.24) is 0 Å². The first kappa shape index (κ1) is 13.9. The fraction of sp³-hybridized carbons (Fsp3) is 1.00. The molecule has 0 aromatic heterocycles. The fourth-order valence-corrected chi connectivity index (χ4v) is 1.87. The molecule has 0 saturated carbocycles. The van der Waals surface area contributed by atoms with Gasteiger partial charge in [-0.3, -0.25) is 0 Å². The van der Waals surface area contributed by atoms with Crippen LogP contribution in [-0.2, 0) is 9.47 Å². The van der Waals surface area contributed by atoms with Gasteiger partial charge in [0.05, 0.1) is 0 Å². The summed E-state index contributed by atoms with van der Waals surface area (Å²) in [5.41, 5.74) is -1.37. The molecule has 0 fully saturated rings. The minimum absolute atomic E-state index is 0.363. The van der Waals surface area contributed by atoms with Crippen LogP contribution >= 0.6 is 0 Å². The van der Waals surface area contributed by atoms with Crippen LogP contribution in [0.25, 0.3) is 0 Å². The van der Waals surface area contributed by atoms with Crippen LogP contribution in [0.3, 0.4) is 0 Å². The lowest BCUT2D eigenvalue weighted by atomic mass is 10.5. The zero-order valence-electron chi connectivity index (χ0n) is 8.52. The van der Waals surface area contributed by atoms with Gasteiger partial charge in [-0.15, -0.1) is 0 Å². The van der Waals surface area contributed by atoms with Crippen molar-refractivity contribution < 1.29 is 22.6 Å². The van der Waals surface area contributed by atoms with Crippen molar-refractivity contribution in [3.63, 3.8) is 0 Å². The Kier molecular flexibility index (Phi) is 6.38. The minimum atomic E-state index is -4.16. The van der Waals surface area contributed by atoms with E-state index < -0.39 is 27.2 Å². The smallest absolute Gasteiger partial charge is 0.357 e. The monoisotopic (exact) mass is 228 g/mol. The molecule has 0 aromatic carbocycles. The highest BCUT2D eigenvalue weighted by Crippen LogP contribution is 2.30. The fourth-order valence-electron chi connectivity index (χ4n) is 0.746. The van der Waals surface area contributed by atoms with Crippen LogP contribution in [0, 0.1) is 0 Å². The topological polar surface area (TPSA) is 18.5 Å². The summed E-state index contributed by atoms with van der Waals surface area (Å²) in [6, 6.07) is 0. The summed E-state index contributed by atoms with van der Waals surface area (Å²) in [6.07, 6.45) is -4.16. The van der Waals surface area contributed by atoms with Crippen molar-refractivity contribution in [1.29, 1.82) is 0 Å². The maximum absolute atomic E-state index is 12.2. The van der Waals surface area contributed by atoms with Crippen molar-refractivity contribution in [2.45, 2.75) is 38.4 Å². The quantitative estimate of drug-likeness (QED) is 0.513. The molecule has 0 aliphatic heterocycles. The third-order valence-corrected chi connectivity index (χ3v) is 2.95. The predicted octanol–water partition coefficient (Wildman–Crippen LogP) is 2.42. The van der Waals surface area contributed by atoms with Gasteiger partial charge in [0.1, 0.15) is 15.4 Å². The molecule has 0 rings (SSSR count). The van der Waals surface area contributed by atoms with Crippen LogP contribution in [0.1, 0.15) is 20.8 Å². The highest BCUT2D eigenvalue weighted by atomic mass is 28.2. The van der Waals surface area contributed by atoms with Crippen LogP contribution < -0.4 is 0 Å². The normalized spacial score (nSPS) is 14.8. The third-order valence-electron chi connectivity index (χ3n) is 1.51. The van der Waals surface area contributed by atoms with Crippen molar-refractivity contribution >= 4 is 9.52 Å². The second-order valence-electron chi connectivity index (χ2n) is 2.67. The molecule has 1 unspecified atom stereocenters. The minimum Gasteiger partial charge on any atom is -0.357 e. The van der Waals surface area contributed by atoms with Gasteiger partial charge in [-0.25, -0.2) is 0 Å². The number of rotatable bonds is 6. The Morgan fingerprint density at radius 3 is 1.86 bits per heavy atom. The average Bonchev–Trinajstić information content (AvgIpc) is 2.03. The third kappa shape index (κ3) is 5.61. The summed E-state index contributed by atoms with van der Waals surface area (Å²) in [4.78, 5) is 0. The van der Waals surface area contributed by atoms with Crippen molar-refractivity contribution in [3.05, 3.63) is 0 Å². The van der Waals surface area contributed by atoms with Crippen molar-refractivity contribution in [2.75, 3.05) is 13.2 Å². The molecule has 0 amide bonds. The van der Waals surface area contributed by atoms with E-state index in [9.17, 15) is 13.2 Å². The molecule has 0 N–H and O–H groups in total. The second-order valence-corrected chi connectivity index (χ2v) is 4.34. The van der Waals surface area contributed by atoms with Crippen LogP contribution in [-0.4, -0.2) is 34.8 Å².